The van der Waals surface area contributed by atoms with Gasteiger partial charge in [0.15, 0.2) is 0 Å². The Bertz CT molecular complexity index is 1200. The number of rotatable bonds is 3. The minimum absolute atomic E-state index is 0.206. The summed E-state index contributed by atoms with van der Waals surface area (Å²) < 4.78 is 0. The van der Waals surface area contributed by atoms with E-state index < -0.39 is 0 Å². The summed E-state index contributed by atoms with van der Waals surface area (Å²) in [5, 5.41) is 0. The molecular weight excluding hydrogens is 470 g/mol. The SMILES string of the molecule is C=C(C)[C@@H]1CC[C@]2(/C=N/C)CC[C@]3(C)[C@H](CC[C@@H]4[C@@]5(C)CC=C(c6ccc(C)cc6)C(C)(C)[C@@H]5CC[C@]43C)[C@@H]12. The van der Waals surface area contributed by atoms with Gasteiger partial charge in [0, 0.05) is 18.7 Å². The Morgan fingerprint density at radius 2 is 1.59 bits per heavy atom. The van der Waals surface area contributed by atoms with Gasteiger partial charge < -0.3 is 4.99 Å². The van der Waals surface area contributed by atoms with E-state index in [0.717, 1.165) is 23.7 Å². The zero-order valence-corrected chi connectivity index (χ0v) is 26.4. The van der Waals surface area contributed by atoms with Gasteiger partial charge in [0.05, 0.1) is 0 Å². The van der Waals surface area contributed by atoms with Crippen molar-refractivity contribution >= 4 is 11.8 Å². The molecular formula is C38H55N. The molecule has 39 heavy (non-hydrogen) atoms. The third kappa shape index (κ3) is 3.59. The summed E-state index contributed by atoms with van der Waals surface area (Å²) in [6.07, 6.45) is 17.3. The minimum atomic E-state index is 0.206. The number of fused-ring (bicyclic) bond motifs is 7. The van der Waals surface area contributed by atoms with Gasteiger partial charge in [0.25, 0.3) is 0 Å². The third-order valence-electron chi connectivity index (χ3n) is 14.5. The fraction of sp³-hybridized carbons (Fsp3) is 0.711. The van der Waals surface area contributed by atoms with Gasteiger partial charge in [0.2, 0.25) is 0 Å². The molecule has 0 aromatic heterocycles. The Morgan fingerprint density at radius 3 is 2.26 bits per heavy atom. The van der Waals surface area contributed by atoms with Crippen LogP contribution in [0, 0.1) is 63.6 Å². The van der Waals surface area contributed by atoms with E-state index in [0.29, 0.717) is 27.6 Å². The summed E-state index contributed by atoms with van der Waals surface area (Å²) in [5.74, 6) is 3.75. The van der Waals surface area contributed by atoms with Crippen LogP contribution in [0.15, 0.2) is 47.5 Å². The lowest BCUT2D eigenvalue weighted by atomic mass is 9.32. The van der Waals surface area contributed by atoms with Crippen molar-refractivity contribution in [3.63, 3.8) is 0 Å². The molecule has 0 amide bonds. The third-order valence-corrected chi connectivity index (χ3v) is 14.5. The maximum Gasteiger partial charge on any atom is 0.0273 e. The molecule has 1 nitrogen and oxygen atoms in total. The van der Waals surface area contributed by atoms with Gasteiger partial charge >= 0.3 is 0 Å². The topological polar surface area (TPSA) is 12.4 Å². The van der Waals surface area contributed by atoms with Crippen LogP contribution in [0.4, 0.5) is 0 Å². The first-order valence-electron chi connectivity index (χ1n) is 16.2. The highest BCUT2D eigenvalue weighted by Gasteiger charge is 2.70. The van der Waals surface area contributed by atoms with E-state index in [-0.39, 0.29) is 5.41 Å². The summed E-state index contributed by atoms with van der Waals surface area (Å²) in [7, 11) is 2.01. The Kier molecular flexibility index (Phi) is 6.31. The lowest BCUT2D eigenvalue weighted by molar-refractivity contribution is -0.219. The summed E-state index contributed by atoms with van der Waals surface area (Å²) in [6, 6.07) is 9.35. The van der Waals surface area contributed by atoms with Crippen LogP contribution in [-0.4, -0.2) is 13.3 Å². The molecule has 1 heteroatoms. The second kappa shape index (κ2) is 8.93. The molecule has 1 aromatic rings. The van der Waals surface area contributed by atoms with Gasteiger partial charge in [-0.25, -0.2) is 0 Å². The lowest BCUT2D eigenvalue weighted by Gasteiger charge is -2.72. The van der Waals surface area contributed by atoms with Crippen molar-refractivity contribution < 1.29 is 0 Å². The molecule has 4 saturated carbocycles. The Hall–Kier alpha value is -1.63. The molecule has 0 aliphatic heterocycles. The standard InChI is InChI=1S/C38H55N/c1-25(2)28-16-21-38(24-39-9)23-22-36(7)30(33(28)38)14-15-32-35(6)19-17-29(27-12-10-26(3)11-13-27)34(4,5)31(35)18-20-37(32,36)8/h10-13,17,24,28,30-33H,1,14-16,18-23H2,2-9H3/b39-24+/t28-,30+,31-,32+,33+,35-,36+,37+,38+/m0/s1. The zero-order chi connectivity index (χ0) is 28.0. The molecule has 5 aliphatic rings. The maximum absolute atomic E-state index is 4.70. The Morgan fingerprint density at radius 1 is 0.872 bits per heavy atom. The number of hydrogen-bond acceptors (Lipinski definition) is 1. The van der Waals surface area contributed by atoms with E-state index >= 15 is 0 Å². The second-order valence-corrected chi connectivity index (χ2v) is 16.2. The van der Waals surface area contributed by atoms with Gasteiger partial charge in [-0.05, 0) is 134 Å². The fourth-order valence-electron chi connectivity index (χ4n) is 12.5. The first-order valence-corrected chi connectivity index (χ1v) is 16.2. The monoisotopic (exact) mass is 525 g/mol. The van der Waals surface area contributed by atoms with Gasteiger partial charge in [-0.15, -0.1) is 0 Å². The number of allylic oxidation sites excluding steroid dienone is 3. The highest BCUT2D eigenvalue weighted by Crippen LogP contribution is 2.77. The summed E-state index contributed by atoms with van der Waals surface area (Å²) >= 11 is 0. The molecule has 0 radical (unpaired) electrons. The van der Waals surface area contributed by atoms with Crippen LogP contribution in [0.25, 0.3) is 5.57 Å². The predicted molar refractivity (Wildman–Crippen MR) is 168 cm³/mol. The molecule has 4 fully saturated rings. The van der Waals surface area contributed by atoms with E-state index in [4.69, 9.17) is 4.99 Å². The predicted octanol–water partition coefficient (Wildman–Crippen LogP) is 10.3. The van der Waals surface area contributed by atoms with Crippen molar-refractivity contribution in [2.24, 2.45) is 61.7 Å². The van der Waals surface area contributed by atoms with E-state index in [1.54, 1.807) is 5.57 Å². The normalized spacial score (nSPS) is 46.6. The van der Waals surface area contributed by atoms with Crippen LogP contribution in [0.5, 0.6) is 0 Å². The summed E-state index contributed by atoms with van der Waals surface area (Å²) in [5.41, 5.74) is 7.54. The van der Waals surface area contributed by atoms with E-state index in [2.05, 4.69) is 91.6 Å². The maximum atomic E-state index is 4.70. The van der Waals surface area contributed by atoms with Crippen LogP contribution in [0.3, 0.4) is 0 Å². The van der Waals surface area contributed by atoms with Crippen LogP contribution < -0.4 is 0 Å². The summed E-state index contributed by atoms with van der Waals surface area (Å²) in [4.78, 5) is 4.70. The summed E-state index contributed by atoms with van der Waals surface area (Å²) in [6.45, 7) is 22.5. The number of aliphatic imine (C=N–C) groups is 1. The number of aryl methyl sites for hydroxylation is 1. The average Bonchev–Trinajstić information content (AvgIpc) is 3.25. The molecule has 6 rings (SSSR count). The van der Waals surface area contributed by atoms with Crippen molar-refractivity contribution in [2.45, 2.75) is 106 Å². The van der Waals surface area contributed by atoms with Crippen molar-refractivity contribution in [3.8, 4) is 0 Å². The largest absolute Gasteiger partial charge is 0.300 e. The van der Waals surface area contributed by atoms with Gasteiger partial charge in [0.1, 0.15) is 0 Å². The highest BCUT2D eigenvalue weighted by atomic mass is 14.8. The average molecular weight is 526 g/mol. The van der Waals surface area contributed by atoms with Crippen molar-refractivity contribution in [1.29, 1.82) is 0 Å². The van der Waals surface area contributed by atoms with E-state index in [9.17, 15) is 0 Å². The molecule has 0 spiro atoms. The van der Waals surface area contributed by atoms with Crippen LogP contribution in [0.1, 0.15) is 110 Å². The molecule has 5 aliphatic carbocycles. The van der Waals surface area contributed by atoms with Crippen LogP contribution in [0.2, 0.25) is 0 Å². The fourth-order valence-corrected chi connectivity index (χ4v) is 12.5. The van der Waals surface area contributed by atoms with Gasteiger partial charge in [-0.1, -0.05) is 82.7 Å². The molecule has 0 unspecified atom stereocenters. The zero-order valence-electron chi connectivity index (χ0n) is 26.4. The molecule has 212 valence electrons. The molecule has 0 heterocycles. The number of nitrogens with zero attached hydrogens (tertiary/aromatic N) is 1. The van der Waals surface area contributed by atoms with Gasteiger partial charge in [-0.2, -0.15) is 0 Å². The van der Waals surface area contributed by atoms with Crippen molar-refractivity contribution in [1.82, 2.24) is 0 Å². The number of hydrogen-bond donors (Lipinski definition) is 0. The van der Waals surface area contributed by atoms with Gasteiger partial charge in [-0.3, -0.25) is 0 Å². The van der Waals surface area contributed by atoms with Crippen LogP contribution in [-0.2, 0) is 0 Å². The number of benzene rings is 1. The molecule has 0 saturated heterocycles. The van der Waals surface area contributed by atoms with E-state index in [1.165, 1.54) is 74.5 Å². The molecule has 1 aromatic carbocycles. The van der Waals surface area contributed by atoms with Crippen molar-refractivity contribution in [2.75, 3.05) is 7.05 Å². The molecule has 0 N–H and O–H groups in total. The second-order valence-electron chi connectivity index (χ2n) is 16.2. The highest BCUT2D eigenvalue weighted by molar-refractivity contribution is 5.72. The smallest absolute Gasteiger partial charge is 0.0273 e. The molecule has 0 bridgehead atoms. The Balaban J connectivity index is 1.39. The minimum Gasteiger partial charge on any atom is -0.300 e. The van der Waals surface area contributed by atoms with E-state index in [1.807, 2.05) is 7.05 Å². The molecule has 9 atom stereocenters. The van der Waals surface area contributed by atoms with Crippen LogP contribution >= 0.6 is 0 Å². The first kappa shape index (κ1) is 27.5. The Labute approximate surface area is 240 Å². The lowest BCUT2D eigenvalue weighted by Crippen LogP contribution is -2.65. The van der Waals surface area contributed by atoms with Crippen molar-refractivity contribution in [3.05, 3.63) is 53.6 Å². The quantitative estimate of drug-likeness (QED) is 0.275. The first-order chi connectivity index (χ1) is 18.3.